The highest BCUT2D eigenvalue weighted by Gasteiger charge is 2.19. The lowest BCUT2D eigenvalue weighted by Crippen LogP contribution is -2.10. The first-order valence-corrected chi connectivity index (χ1v) is 6.76. The van der Waals surface area contributed by atoms with Crippen LogP contribution in [-0.2, 0) is 6.42 Å². The fourth-order valence-electron chi connectivity index (χ4n) is 2.35. The van der Waals surface area contributed by atoms with Gasteiger partial charge in [0.25, 0.3) is 5.70 Å². The summed E-state index contributed by atoms with van der Waals surface area (Å²) in [6, 6.07) is 10.3. The van der Waals surface area contributed by atoms with Crippen molar-refractivity contribution in [1.29, 1.82) is 5.26 Å². The van der Waals surface area contributed by atoms with Crippen molar-refractivity contribution in [2.24, 2.45) is 0 Å². The normalized spacial score (nSPS) is 17.1. The molecule has 0 unspecified atom stereocenters. The molecular formula is C18H17N3. The standard InChI is InChI=1S/C18H17N3/c1-13(14(2)17(12-19)20-3)9-10-16-11-15-7-5-6-8-18(15)21(16)4/h5-10H,11H2,1-2,4H3/b13-9+,16-10?,17-14+. The maximum absolute atomic E-state index is 8.91. The van der Waals surface area contributed by atoms with Crippen LogP contribution in [0.25, 0.3) is 4.85 Å². The first-order valence-electron chi connectivity index (χ1n) is 6.76. The van der Waals surface area contributed by atoms with Gasteiger partial charge in [-0.15, -0.1) is 0 Å². The van der Waals surface area contributed by atoms with Gasteiger partial charge in [0.2, 0.25) is 0 Å². The molecule has 3 heteroatoms. The molecule has 0 amide bonds. The van der Waals surface area contributed by atoms with E-state index in [1.807, 2.05) is 32.1 Å². The summed E-state index contributed by atoms with van der Waals surface area (Å²) in [5, 5.41) is 8.91. The summed E-state index contributed by atoms with van der Waals surface area (Å²) in [7, 11) is 2.06. The van der Waals surface area contributed by atoms with Crippen molar-refractivity contribution < 1.29 is 0 Å². The highest BCUT2D eigenvalue weighted by Crippen LogP contribution is 2.32. The minimum absolute atomic E-state index is 0.158. The van der Waals surface area contributed by atoms with Crippen LogP contribution in [-0.4, -0.2) is 7.05 Å². The van der Waals surface area contributed by atoms with Gasteiger partial charge in [-0.1, -0.05) is 29.8 Å². The van der Waals surface area contributed by atoms with Crippen LogP contribution in [0.5, 0.6) is 0 Å². The van der Waals surface area contributed by atoms with Gasteiger partial charge >= 0.3 is 0 Å². The van der Waals surface area contributed by atoms with E-state index in [-0.39, 0.29) is 5.70 Å². The molecule has 0 spiro atoms. The highest BCUT2D eigenvalue weighted by molar-refractivity contribution is 5.64. The Kier molecular flexibility index (Phi) is 4.26. The lowest BCUT2D eigenvalue weighted by molar-refractivity contribution is 1.10. The summed E-state index contributed by atoms with van der Waals surface area (Å²) in [6.45, 7) is 10.7. The van der Waals surface area contributed by atoms with Crippen molar-refractivity contribution in [1.82, 2.24) is 0 Å². The second kappa shape index (κ2) is 6.11. The number of hydrogen-bond donors (Lipinski definition) is 0. The molecule has 1 aliphatic heterocycles. The number of fused-ring (bicyclic) bond motifs is 1. The summed E-state index contributed by atoms with van der Waals surface area (Å²) >= 11 is 0. The van der Waals surface area contributed by atoms with E-state index >= 15 is 0 Å². The van der Waals surface area contributed by atoms with Crippen LogP contribution in [0.1, 0.15) is 19.4 Å². The summed E-state index contributed by atoms with van der Waals surface area (Å²) < 4.78 is 0. The predicted octanol–water partition coefficient (Wildman–Crippen LogP) is 4.23. The molecule has 104 valence electrons. The first kappa shape index (κ1) is 14.6. The van der Waals surface area contributed by atoms with E-state index in [1.54, 1.807) is 0 Å². The largest absolute Gasteiger partial charge is 0.348 e. The van der Waals surface area contributed by atoms with E-state index in [4.69, 9.17) is 11.8 Å². The number of allylic oxidation sites excluding steroid dienone is 6. The van der Waals surface area contributed by atoms with Gasteiger partial charge in [0, 0.05) is 24.9 Å². The Morgan fingerprint density at radius 3 is 2.71 bits per heavy atom. The molecule has 1 aromatic rings. The molecule has 21 heavy (non-hydrogen) atoms. The number of nitrogens with zero attached hydrogens (tertiary/aromatic N) is 3. The summed E-state index contributed by atoms with van der Waals surface area (Å²) in [4.78, 5) is 5.43. The molecule has 1 aliphatic rings. The van der Waals surface area contributed by atoms with Crippen LogP contribution >= 0.6 is 0 Å². The van der Waals surface area contributed by atoms with E-state index in [0.717, 1.165) is 17.6 Å². The SMILES string of the molecule is [C-]#[N+]/C(C#N)=C(C)/C(C)=C/C=C1Cc2ccccc2N1C. The lowest BCUT2D eigenvalue weighted by atomic mass is 10.1. The Morgan fingerprint density at radius 1 is 1.38 bits per heavy atom. The number of likely N-dealkylation sites (N-methyl/N-ethyl adjacent to an activating group) is 1. The number of para-hydroxylation sites is 1. The summed E-state index contributed by atoms with van der Waals surface area (Å²) in [6.07, 6.45) is 4.96. The lowest BCUT2D eigenvalue weighted by Gasteiger charge is -2.14. The second-order valence-corrected chi connectivity index (χ2v) is 5.07. The van der Waals surface area contributed by atoms with Crippen LogP contribution in [0, 0.1) is 17.9 Å². The molecule has 0 fully saturated rings. The van der Waals surface area contributed by atoms with Crippen molar-refractivity contribution in [3.8, 4) is 6.07 Å². The Balaban J connectivity index is 2.28. The number of benzene rings is 1. The van der Waals surface area contributed by atoms with E-state index in [1.165, 1.54) is 16.9 Å². The maximum Gasteiger partial charge on any atom is 0.265 e. The highest BCUT2D eigenvalue weighted by atomic mass is 15.1. The molecule has 3 nitrogen and oxygen atoms in total. The van der Waals surface area contributed by atoms with Gasteiger partial charge in [0.15, 0.2) is 0 Å². The fraction of sp³-hybridized carbons (Fsp3) is 0.222. The Morgan fingerprint density at radius 2 is 2.10 bits per heavy atom. The molecule has 0 bridgehead atoms. The molecule has 0 aliphatic carbocycles. The molecule has 0 saturated carbocycles. The zero-order valence-corrected chi connectivity index (χ0v) is 12.5. The Hall–Kier alpha value is -2.78. The van der Waals surface area contributed by atoms with Gasteiger partial charge in [0.05, 0.1) is 12.6 Å². The van der Waals surface area contributed by atoms with Crippen LogP contribution in [0.2, 0.25) is 0 Å². The van der Waals surface area contributed by atoms with Crippen LogP contribution in [0.15, 0.2) is 59.0 Å². The van der Waals surface area contributed by atoms with E-state index in [2.05, 4.69) is 41.1 Å². The first-order chi connectivity index (χ1) is 10.1. The number of nitriles is 1. The quantitative estimate of drug-likeness (QED) is 0.459. The van der Waals surface area contributed by atoms with E-state index in [0.29, 0.717) is 0 Å². The molecule has 0 radical (unpaired) electrons. The van der Waals surface area contributed by atoms with Gasteiger partial charge in [0.1, 0.15) is 0 Å². The summed E-state index contributed by atoms with van der Waals surface area (Å²) in [5.74, 6) is 0. The van der Waals surface area contributed by atoms with Crippen molar-refractivity contribution in [2.75, 3.05) is 11.9 Å². The van der Waals surface area contributed by atoms with Crippen LogP contribution < -0.4 is 4.90 Å². The van der Waals surface area contributed by atoms with E-state index in [9.17, 15) is 0 Å². The zero-order valence-electron chi connectivity index (χ0n) is 12.5. The topological polar surface area (TPSA) is 31.4 Å². The van der Waals surface area contributed by atoms with Crippen LogP contribution in [0.4, 0.5) is 5.69 Å². The molecule has 0 aromatic heterocycles. The minimum atomic E-state index is 0.158. The second-order valence-electron chi connectivity index (χ2n) is 5.07. The Bertz CT molecular complexity index is 720. The van der Waals surface area contributed by atoms with Gasteiger partial charge < -0.3 is 4.90 Å². The summed E-state index contributed by atoms with van der Waals surface area (Å²) in [5.41, 5.74) is 5.61. The molecule has 0 atom stereocenters. The smallest absolute Gasteiger partial charge is 0.265 e. The van der Waals surface area contributed by atoms with Gasteiger partial charge in [-0.2, -0.15) is 0 Å². The van der Waals surface area contributed by atoms with Crippen LogP contribution in [0.3, 0.4) is 0 Å². The van der Waals surface area contributed by atoms with Crippen molar-refractivity contribution in [2.45, 2.75) is 20.3 Å². The molecular weight excluding hydrogens is 258 g/mol. The van der Waals surface area contributed by atoms with E-state index < -0.39 is 0 Å². The minimum Gasteiger partial charge on any atom is -0.348 e. The average Bonchev–Trinajstić information content (AvgIpc) is 2.83. The van der Waals surface area contributed by atoms with Crippen molar-refractivity contribution in [3.05, 3.63) is 75.9 Å². The molecule has 2 rings (SSSR count). The third-order valence-electron chi connectivity index (χ3n) is 3.85. The number of anilines is 1. The van der Waals surface area contributed by atoms with Crippen molar-refractivity contribution >= 4 is 5.69 Å². The third-order valence-corrected chi connectivity index (χ3v) is 3.85. The molecule has 1 aromatic carbocycles. The Labute approximate surface area is 125 Å². The van der Waals surface area contributed by atoms with Crippen molar-refractivity contribution in [3.63, 3.8) is 0 Å². The van der Waals surface area contributed by atoms with Gasteiger partial charge in [-0.05, 0) is 37.1 Å². The van der Waals surface area contributed by atoms with Gasteiger partial charge in [-0.3, -0.25) is 0 Å². The monoisotopic (exact) mass is 275 g/mol. The zero-order chi connectivity index (χ0) is 15.4. The fourth-order valence-corrected chi connectivity index (χ4v) is 2.35. The number of rotatable bonds is 2. The number of hydrogen-bond acceptors (Lipinski definition) is 2. The molecule has 0 N–H and O–H groups in total. The predicted molar refractivity (Wildman–Crippen MR) is 85.3 cm³/mol. The third kappa shape index (κ3) is 2.88. The maximum atomic E-state index is 8.91. The average molecular weight is 275 g/mol. The molecule has 0 saturated heterocycles. The molecule has 1 heterocycles. The van der Waals surface area contributed by atoms with Gasteiger partial charge in [-0.25, -0.2) is 10.1 Å².